The van der Waals surface area contributed by atoms with Crippen molar-refractivity contribution < 1.29 is 24.5 Å². The molecule has 2 spiro atoms. The van der Waals surface area contributed by atoms with Crippen LogP contribution >= 0.6 is 0 Å². The largest absolute Gasteiger partial charge is 0.387 e. The van der Waals surface area contributed by atoms with Gasteiger partial charge in [0.2, 0.25) is 5.79 Å². The summed E-state index contributed by atoms with van der Waals surface area (Å²) in [5, 5.41) is 23.0. The number of aliphatic hydroxyl groups is 2. The summed E-state index contributed by atoms with van der Waals surface area (Å²) in [6.45, 7) is 8.77. The molecule has 2 N–H and O–H groups in total. The van der Waals surface area contributed by atoms with Gasteiger partial charge in [-0.1, -0.05) is 20.4 Å². The summed E-state index contributed by atoms with van der Waals surface area (Å²) in [6, 6.07) is 0. The van der Waals surface area contributed by atoms with Gasteiger partial charge in [0.05, 0.1) is 24.2 Å². The van der Waals surface area contributed by atoms with Crippen molar-refractivity contribution in [3.8, 4) is 0 Å². The molecular formula is C20H26O5. The third kappa shape index (κ3) is 1.23. The van der Waals surface area contributed by atoms with E-state index in [1.165, 1.54) is 0 Å². The van der Waals surface area contributed by atoms with Crippen LogP contribution in [0.3, 0.4) is 0 Å². The summed E-state index contributed by atoms with van der Waals surface area (Å²) in [5.41, 5.74) is -0.979. The second-order valence-corrected chi connectivity index (χ2v) is 10.2. The van der Waals surface area contributed by atoms with Gasteiger partial charge < -0.3 is 19.7 Å². The maximum atomic E-state index is 13.4. The predicted molar refractivity (Wildman–Crippen MR) is 87.3 cm³/mol. The molecule has 3 heterocycles. The third-order valence-corrected chi connectivity index (χ3v) is 9.06. The van der Waals surface area contributed by atoms with E-state index in [-0.39, 0.29) is 46.6 Å². The lowest BCUT2D eigenvalue weighted by molar-refractivity contribution is -0.433. The van der Waals surface area contributed by atoms with E-state index in [2.05, 4.69) is 20.4 Å². The first kappa shape index (κ1) is 15.3. The molecule has 5 heteroatoms. The topological polar surface area (TPSA) is 76.0 Å². The molecule has 7 aliphatic rings. The lowest BCUT2D eigenvalue weighted by atomic mass is 9.37. The summed E-state index contributed by atoms with van der Waals surface area (Å²) in [7, 11) is 0. The molecule has 9 atom stereocenters. The van der Waals surface area contributed by atoms with Gasteiger partial charge in [-0.2, -0.15) is 0 Å². The van der Waals surface area contributed by atoms with Gasteiger partial charge in [-0.15, -0.1) is 0 Å². The first-order chi connectivity index (χ1) is 11.7. The number of carbonyl (C=O) groups excluding carboxylic acids is 1. The van der Waals surface area contributed by atoms with Crippen LogP contribution in [0.25, 0.3) is 0 Å². The second-order valence-electron chi connectivity index (χ2n) is 10.2. The molecule has 9 unspecified atom stereocenters. The molecule has 0 aromatic heterocycles. The third-order valence-electron chi connectivity index (χ3n) is 9.06. The molecule has 7 rings (SSSR count). The van der Waals surface area contributed by atoms with Gasteiger partial charge in [0.1, 0.15) is 6.10 Å². The average molecular weight is 346 g/mol. The first-order valence-electron chi connectivity index (χ1n) is 9.63. The van der Waals surface area contributed by atoms with Gasteiger partial charge in [0, 0.05) is 17.3 Å². The minimum Gasteiger partial charge on any atom is -0.387 e. The van der Waals surface area contributed by atoms with Crippen molar-refractivity contribution in [2.24, 2.45) is 34.0 Å². The molecule has 3 aliphatic heterocycles. The molecule has 4 bridgehead atoms. The number of aliphatic hydroxyl groups excluding tert-OH is 1. The van der Waals surface area contributed by atoms with Crippen LogP contribution in [0, 0.1) is 34.0 Å². The quantitative estimate of drug-likeness (QED) is 0.649. The summed E-state index contributed by atoms with van der Waals surface area (Å²) < 4.78 is 12.5. The average Bonchev–Trinajstić information content (AvgIpc) is 2.97. The van der Waals surface area contributed by atoms with Crippen LogP contribution < -0.4 is 0 Å². The summed E-state index contributed by atoms with van der Waals surface area (Å²) in [5.74, 6) is -2.05. The fourth-order valence-electron chi connectivity index (χ4n) is 8.36. The molecule has 5 nitrogen and oxygen atoms in total. The zero-order valence-electron chi connectivity index (χ0n) is 14.8. The highest BCUT2D eigenvalue weighted by Crippen LogP contribution is 2.79. The van der Waals surface area contributed by atoms with Gasteiger partial charge in [-0.3, -0.25) is 4.79 Å². The van der Waals surface area contributed by atoms with E-state index in [4.69, 9.17) is 9.47 Å². The minimum absolute atomic E-state index is 0.0114. The Bertz CT molecular complexity index is 730. The van der Waals surface area contributed by atoms with Crippen molar-refractivity contribution in [1.29, 1.82) is 0 Å². The monoisotopic (exact) mass is 346 g/mol. The van der Waals surface area contributed by atoms with Crippen LogP contribution in [-0.2, 0) is 14.3 Å². The minimum atomic E-state index is -1.82. The van der Waals surface area contributed by atoms with Crippen LogP contribution in [0.2, 0.25) is 0 Å². The smallest absolute Gasteiger partial charge is 0.205 e. The molecule has 0 aromatic rings. The molecule has 4 saturated carbocycles. The van der Waals surface area contributed by atoms with E-state index in [1.54, 1.807) is 0 Å². The molecule has 0 radical (unpaired) electrons. The molecular weight excluding hydrogens is 320 g/mol. The van der Waals surface area contributed by atoms with Crippen LogP contribution in [0.1, 0.15) is 39.5 Å². The Morgan fingerprint density at radius 3 is 2.80 bits per heavy atom. The number of rotatable bonds is 0. The highest BCUT2D eigenvalue weighted by atomic mass is 16.6. The van der Waals surface area contributed by atoms with Crippen molar-refractivity contribution in [3.05, 3.63) is 12.2 Å². The molecule has 3 saturated heterocycles. The Hall–Kier alpha value is -0.750. The van der Waals surface area contributed by atoms with E-state index < -0.39 is 17.3 Å². The summed E-state index contributed by atoms with van der Waals surface area (Å²) in [4.78, 5) is 13.4. The summed E-state index contributed by atoms with van der Waals surface area (Å²) in [6.07, 6.45) is 2.16. The number of hydrogen-bond acceptors (Lipinski definition) is 5. The van der Waals surface area contributed by atoms with Crippen molar-refractivity contribution in [1.82, 2.24) is 0 Å². The molecule has 0 amide bonds. The standard InChI is InChI=1S/C20H26O5/c1-9-10-6-11-13-18-8-24-20(23,19(13,7-10)15(9)21)16(22)14(18)17(2,3)5-4-12(18)25-11/h10-14,16,22-23H,1,4-8H2,2-3H3. The van der Waals surface area contributed by atoms with E-state index >= 15 is 0 Å². The SMILES string of the molecule is C=C1C(=O)C23CC1CC1OC4CCC(C)(C)C5C(O)C2(O)OCC45C13. The fourth-order valence-corrected chi connectivity index (χ4v) is 8.36. The van der Waals surface area contributed by atoms with Crippen molar-refractivity contribution in [3.63, 3.8) is 0 Å². The van der Waals surface area contributed by atoms with Gasteiger partial charge >= 0.3 is 0 Å². The highest BCUT2D eigenvalue weighted by Gasteiger charge is 2.88. The van der Waals surface area contributed by atoms with Gasteiger partial charge in [-0.05, 0) is 42.6 Å². The number of carbonyl (C=O) groups is 1. The highest BCUT2D eigenvalue weighted by molar-refractivity contribution is 6.04. The van der Waals surface area contributed by atoms with Crippen LogP contribution in [-0.4, -0.2) is 46.7 Å². The Kier molecular flexibility index (Phi) is 2.40. The Labute approximate surface area is 147 Å². The molecule has 25 heavy (non-hydrogen) atoms. The van der Waals surface area contributed by atoms with Gasteiger partial charge in [-0.25, -0.2) is 0 Å². The van der Waals surface area contributed by atoms with Crippen molar-refractivity contribution in [2.75, 3.05) is 6.61 Å². The normalized spacial score (nSPS) is 63.0. The van der Waals surface area contributed by atoms with Gasteiger partial charge in [0.25, 0.3) is 0 Å². The fraction of sp³-hybridized carbons (Fsp3) is 0.850. The molecule has 4 aliphatic carbocycles. The Morgan fingerprint density at radius 1 is 1.28 bits per heavy atom. The zero-order valence-corrected chi connectivity index (χ0v) is 14.8. The number of fused-ring (bicyclic) bond motifs is 2. The second kappa shape index (κ2) is 3.91. The number of ether oxygens (including phenoxy) is 2. The van der Waals surface area contributed by atoms with E-state index in [9.17, 15) is 15.0 Å². The number of ketones is 1. The maximum absolute atomic E-state index is 13.4. The van der Waals surface area contributed by atoms with Crippen LogP contribution in [0.4, 0.5) is 0 Å². The van der Waals surface area contributed by atoms with Crippen molar-refractivity contribution in [2.45, 2.75) is 63.6 Å². The first-order valence-corrected chi connectivity index (χ1v) is 9.63. The summed E-state index contributed by atoms with van der Waals surface area (Å²) >= 11 is 0. The lowest BCUT2D eigenvalue weighted by Gasteiger charge is -2.72. The maximum Gasteiger partial charge on any atom is 0.205 e. The van der Waals surface area contributed by atoms with Crippen molar-refractivity contribution >= 4 is 5.78 Å². The van der Waals surface area contributed by atoms with Crippen LogP contribution in [0.5, 0.6) is 0 Å². The van der Waals surface area contributed by atoms with E-state index in [0.29, 0.717) is 18.6 Å². The van der Waals surface area contributed by atoms with E-state index in [0.717, 1.165) is 19.3 Å². The number of hydrogen-bond donors (Lipinski definition) is 2. The Morgan fingerprint density at radius 2 is 2.04 bits per heavy atom. The Balaban J connectivity index is 1.67. The van der Waals surface area contributed by atoms with E-state index in [1.807, 2.05) is 0 Å². The molecule has 0 aromatic carbocycles. The van der Waals surface area contributed by atoms with Crippen LogP contribution in [0.15, 0.2) is 12.2 Å². The lowest BCUT2D eigenvalue weighted by Crippen LogP contribution is -2.82. The predicted octanol–water partition coefficient (Wildman–Crippen LogP) is 1.42. The zero-order chi connectivity index (χ0) is 17.6. The molecule has 136 valence electrons. The van der Waals surface area contributed by atoms with Gasteiger partial charge in [0.15, 0.2) is 5.78 Å². The number of allylic oxidation sites excluding steroid dienone is 1. The number of Topliss-reactive ketones (excluding diaryl/α,β-unsaturated/α-hetero) is 1. The molecule has 7 fully saturated rings.